The van der Waals surface area contributed by atoms with Gasteiger partial charge in [-0.25, -0.2) is 4.98 Å². The molecule has 7 heteroatoms. The molecule has 3 aromatic rings. The standard InChI is InChI=1S/C20H21ClN4O2/c1-13-6-5-9-25-18(13)22-11-16(20(25)27)19(26)23-12-17(24(2)3)14-7-4-8-15(21)10-14/h4-11,17H,12H2,1-3H3,(H,23,26)/t17-/m1/s1. The number of hydrogen-bond acceptors (Lipinski definition) is 4. The number of likely N-dealkylation sites (N-methyl/N-ethyl adjacent to an activating group) is 1. The monoisotopic (exact) mass is 384 g/mol. The van der Waals surface area contributed by atoms with Crippen LogP contribution in [-0.2, 0) is 0 Å². The molecule has 1 aromatic carbocycles. The number of nitrogens with zero attached hydrogens (tertiary/aromatic N) is 3. The molecule has 0 fully saturated rings. The molecule has 140 valence electrons. The van der Waals surface area contributed by atoms with E-state index in [2.05, 4.69) is 10.3 Å². The Labute approximate surface area is 162 Å². The van der Waals surface area contributed by atoms with Gasteiger partial charge in [0.05, 0.1) is 6.04 Å². The zero-order valence-corrected chi connectivity index (χ0v) is 16.2. The fourth-order valence-corrected chi connectivity index (χ4v) is 3.20. The van der Waals surface area contributed by atoms with Crippen LogP contribution in [0, 0.1) is 6.92 Å². The molecule has 27 heavy (non-hydrogen) atoms. The summed E-state index contributed by atoms with van der Waals surface area (Å²) >= 11 is 6.08. The Bertz CT molecular complexity index is 1050. The van der Waals surface area contributed by atoms with Crippen molar-refractivity contribution in [2.24, 2.45) is 0 Å². The van der Waals surface area contributed by atoms with E-state index in [4.69, 9.17) is 11.6 Å². The van der Waals surface area contributed by atoms with Gasteiger partial charge in [0.2, 0.25) is 0 Å². The van der Waals surface area contributed by atoms with Gasteiger partial charge in [0.25, 0.3) is 11.5 Å². The number of fused-ring (bicyclic) bond motifs is 1. The van der Waals surface area contributed by atoms with Crippen LogP contribution < -0.4 is 10.9 Å². The van der Waals surface area contributed by atoms with E-state index in [0.29, 0.717) is 17.2 Å². The van der Waals surface area contributed by atoms with Crippen molar-refractivity contribution in [3.05, 3.63) is 80.9 Å². The van der Waals surface area contributed by atoms with Gasteiger partial charge in [-0.05, 0) is 50.3 Å². The maximum absolute atomic E-state index is 12.6. The molecule has 0 spiro atoms. The molecule has 0 saturated carbocycles. The van der Waals surface area contributed by atoms with Crippen molar-refractivity contribution >= 4 is 23.2 Å². The normalized spacial score (nSPS) is 12.3. The molecule has 0 bridgehead atoms. The number of benzene rings is 1. The van der Waals surface area contributed by atoms with E-state index in [1.165, 1.54) is 10.6 Å². The Kier molecular flexibility index (Phi) is 5.58. The summed E-state index contributed by atoms with van der Waals surface area (Å²) in [7, 11) is 3.85. The zero-order chi connectivity index (χ0) is 19.6. The maximum atomic E-state index is 12.6. The van der Waals surface area contributed by atoms with Gasteiger partial charge in [-0.2, -0.15) is 0 Å². The number of halogens is 1. The van der Waals surface area contributed by atoms with Crippen molar-refractivity contribution in [2.45, 2.75) is 13.0 Å². The largest absolute Gasteiger partial charge is 0.350 e. The number of aryl methyl sites for hydroxylation is 1. The molecule has 1 amide bonds. The summed E-state index contributed by atoms with van der Waals surface area (Å²) in [6, 6.07) is 11.1. The van der Waals surface area contributed by atoms with E-state index in [-0.39, 0.29) is 17.2 Å². The Morgan fingerprint density at radius 2 is 2.07 bits per heavy atom. The molecule has 2 heterocycles. The Hall–Kier alpha value is -2.70. The highest BCUT2D eigenvalue weighted by atomic mass is 35.5. The molecule has 0 radical (unpaired) electrons. The molecule has 1 N–H and O–H groups in total. The number of carbonyl (C=O) groups is 1. The highest BCUT2D eigenvalue weighted by Gasteiger charge is 2.18. The molecule has 0 aliphatic carbocycles. The Balaban J connectivity index is 1.83. The number of carbonyl (C=O) groups excluding carboxylic acids is 1. The van der Waals surface area contributed by atoms with Gasteiger partial charge < -0.3 is 10.2 Å². The second kappa shape index (κ2) is 7.90. The number of nitrogens with one attached hydrogen (secondary N) is 1. The number of amides is 1. The first-order valence-electron chi connectivity index (χ1n) is 8.55. The summed E-state index contributed by atoms with van der Waals surface area (Å²) in [5, 5.41) is 3.48. The fourth-order valence-electron chi connectivity index (χ4n) is 3.00. The van der Waals surface area contributed by atoms with E-state index in [9.17, 15) is 9.59 Å². The van der Waals surface area contributed by atoms with E-state index in [1.807, 2.05) is 50.2 Å². The van der Waals surface area contributed by atoms with Crippen molar-refractivity contribution < 1.29 is 4.79 Å². The van der Waals surface area contributed by atoms with E-state index in [1.54, 1.807) is 18.3 Å². The molecular weight excluding hydrogens is 364 g/mol. The summed E-state index contributed by atoms with van der Waals surface area (Å²) in [5.41, 5.74) is 2.03. The predicted octanol–water partition coefficient (Wildman–Crippen LogP) is 2.69. The van der Waals surface area contributed by atoms with Crippen LogP contribution in [0.1, 0.15) is 27.5 Å². The summed E-state index contributed by atoms with van der Waals surface area (Å²) in [5.74, 6) is -0.447. The highest BCUT2D eigenvalue weighted by Crippen LogP contribution is 2.21. The molecule has 3 rings (SSSR count). The van der Waals surface area contributed by atoms with Gasteiger partial charge >= 0.3 is 0 Å². The predicted molar refractivity (Wildman–Crippen MR) is 106 cm³/mol. The van der Waals surface area contributed by atoms with Crippen LogP contribution in [0.2, 0.25) is 5.02 Å². The minimum Gasteiger partial charge on any atom is -0.350 e. The number of aromatic nitrogens is 2. The fraction of sp³-hybridized carbons (Fsp3) is 0.250. The van der Waals surface area contributed by atoms with Gasteiger partial charge in [-0.15, -0.1) is 0 Å². The molecular formula is C20H21ClN4O2. The summed E-state index contributed by atoms with van der Waals surface area (Å²) in [4.78, 5) is 31.5. The Morgan fingerprint density at radius 1 is 1.30 bits per heavy atom. The lowest BCUT2D eigenvalue weighted by atomic mass is 10.1. The van der Waals surface area contributed by atoms with Crippen LogP contribution in [0.5, 0.6) is 0 Å². The van der Waals surface area contributed by atoms with Gasteiger partial charge in [-0.1, -0.05) is 29.8 Å². The first-order valence-corrected chi connectivity index (χ1v) is 8.93. The first-order chi connectivity index (χ1) is 12.9. The van der Waals surface area contributed by atoms with Crippen LogP contribution in [0.15, 0.2) is 53.6 Å². The average Bonchev–Trinajstić information content (AvgIpc) is 2.62. The smallest absolute Gasteiger partial charge is 0.270 e. The van der Waals surface area contributed by atoms with Crippen LogP contribution in [-0.4, -0.2) is 40.8 Å². The number of pyridine rings is 1. The quantitative estimate of drug-likeness (QED) is 0.734. The SMILES string of the molecule is Cc1cccn2c(=O)c(C(=O)NC[C@H](c3cccc(Cl)c3)N(C)C)cnc12. The maximum Gasteiger partial charge on any atom is 0.270 e. The second-order valence-corrected chi connectivity index (χ2v) is 7.04. The lowest BCUT2D eigenvalue weighted by Gasteiger charge is -2.25. The first kappa shape index (κ1) is 19.1. The van der Waals surface area contributed by atoms with Gasteiger partial charge in [0.1, 0.15) is 11.2 Å². The van der Waals surface area contributed by atoms with Crippen molar-refractivity contribution in [3.8, 4) is 0 Å². The molecule has 0 aliphatic rings. The van der Waals surface area contributed by atoms with Gasteiger partial charge in [0, 0.05) is 24.0 Å². The van der Waals surface area contributed by atoms with Crippen LogP contribution in [0.3, 0.4) is 0 Å². The minimum atomic E-state index is -0.447. The summed E-state index contributed by atoms with van der Waals surface area (Å²) in [6.45, 7) is 2.20. The van der Waals surface area contributed by atoms with E-state index in [0.717, 1.165) is 11.1 Å². The molecule has 1 atom stereocenters. The zero-order valence-electron chi connectivity index (χ0n) is 15.4. The van der Waals surface area contributed by atoms with Crippen LogP contribution in [0.25, 0.3) is 5.65 Å². The number of hydrogen-bond donors (Lipinski definition) is 1. The number of rotatable bonds is 5. The minimum absolute atomic E-state index is 0.0155. The van der Waals surface area contributed by atoms with Crippen molar-refractivity contribution in [1.29, 1.82) is 0 Å². The highest BCUT2D eigenvalue weighted by molar-refractivity contribution is 6.30. The molecule has 6 nitrogen and oxygen atoms in total. The van der Waals surface area contributed by atoms with Gasteiger partial charge in [-0.3, -0.25) is 14.0 Å². The molecule has 0 aliphatic heterocycles. The van der Waals surface area contributed by atoms with Gasteiger partial charge in [0.15, 0.2) is 0 Å². The molecule has 0 saturated heterocycles. The third kappa shape index (κ3) is 4.02. The van der Waals surface area contributed by atoms with Crippen molar-refractivity contribution in [3.63, 3.8) is 0 Å². The average molecular weight is 385 g/mol. The van der Waals surface area contributed by atoms with Crippen LogP contribution >= 0.6 is 11.6 Å². The topological polar surface area (TPSA) is 66.7 Å². The van der Waals surface area contributed by atoms with E-state index >= 15 is 0 Å². The Morgan fingerprint density at radius 3 is 2.78 bits per heavy atom. The van der Waals surface area contributed by atoms with Crippen molar-refractivity contribution in [2.75, 3.05) is 20.6 Å². The van der Waals surface area contributed by atoms with Crippen LogP contribution in [0.4, 0.5) is 0 Å². The summed E-state index contributed by atoms with van der Waals surface area (Å²) in [6.07, 6.45) is 2.95. The lowest BCUT2D eigenvalue weighted by Crippen LogP contribution is -2.37. The van der Waals surface area contributed by atoms with E-state index < -0.39 is 5.91 Å². The molecule has 2 aromatic heterocycles. The lowest BCUT2D eigenvalue weighted by molar-refractivity contribution is 0.0940. The van der Waals surface area contributed by atoms with Crippen molar-refractivity contribution in [1.82, 2.24) is 19.6 Å². The third-order valence-electron chi connectivity index (χ3n) is 4.48. The second-order valence-electron chi connectivity index (χ2n) is 6.61. The summed E-state index contributed by atoms with van der Waals surface area (Å²) < 4.78 is 1.39. The molecule has 0 unspecified atom stereocenters. The third-order valence-corrected chi connectivity index (χ3v) is 4.72.